The largest absolute Gasteiger partial charge is 0.393 e. The predicted octanol–water partition coefficient (Wildman–Crippen LogP) is 2.13. The van der Waals surface area contributed by atoms with Gasteiger partial charge in [-0.3, -0.25) is 19.1 Å². The first kappa shape index (κ1) is 30.9. The average molecular weight is 724 g/mol. The number of aromatic nitrogens is 2. The van der Waals surface area contributed by atoms with Crippen molar-refractivity contribution in [3.63, 3.8) is 0 Å². The van der Waals surface area contributed by atoms with Crippen LogP contribution in [0.4, 0.5) is 5.69 Å². The zero-order chi connectivity index (χ0) is 30.4. The molecule has 0 aliphatic heterocycles. The van der Waals surface area contributed by atoms with E-state index in [1.165, 1.54) is 35.6 Å². The molecule has 1 unspecified atom stereocenters. The van der Waals surface area contributed by atoms with Crippen LogP contribution in [0, 0.1) is 10.5 Å². The molecule has 220 valence electrons. The van der Waals surface area contributed by atoms with Gasteiger partial charge in [0.25, 0.3) is 15.6 Å². The number of carbonyl (C=O) groups excluding carboxylic acids is 2. The summed E-state index contributed by atoms with van der Waals surface area (Å²) in [7, 11) is -4.07. The minimum Gasteiger partial charge on any atom is -0.393 e. The van der Waals surface area contributed by atoms with Crippen LogP contribution >= 0.6 is 33.9 Å². The fraction of sp³-hybridized carbons (Fsp3) is 0.192. The van der Waals surface area contributed by atoms with Gasteiger partial charge in [0.1, 0.15) is 18.8 Å². The fourth-order valence-corrected chi connectivity index (χ4v) is 6.67. The quantitative estimate of drug-likeness (QED) is 0.0422. The molecule has 0 bridgehead atoms. The summed E-state index contributed by atoms with van der Waals surface area (Å²) in [6.07, 6.45) is 0.000867. The van der Waals surface area contributed by atoms with E-state index in [4.69, 9.17) is 16.3 Å². The Balaban J connectivity index is 1.54. The van der Waals surface area contributed by atoms with Crippen LogP contribution in [0.1, 0.15) is 21.9 Å². The second-order valence-corrected chi connectivity index (χ2v) is 12.9. The van der Waals surface area contributed by atoms with Crippen LogP contribution in [0.2, 0.25) is 0 Å². The summed E-state index contributed by atoms with van der Waals surface area (Å²) in [5, 5.41) is 6.25. The summed E-state index contributed by atoms with van der Waals surface area (Å²) in [6, 6.07) is 15.2. The number of nitrogens with zero attached hydrogens (tertiary/aromatic N) is 3. The number of hydrogen-bond donors (Lipinski definition) is 4. The number of ketones is 1. The van der Waals surface area contributed by atoms with Gasteiger partial charge in [0.15, 0.2) is 5.01 Å². The number of halogens is 1. The number of rotatable bonds is 12. The molecule has 4 aromatic rings. The Morgan fingerprint density at radius 2 is 1.90 bits per heavy atom. The maximum Gasteiger partial charge on any atom is 0.275 e. The molecule has 6 N–H and O–H groups in total. The number of amides is 1. The number of pyridine rings is 1. The lowest BCUT2D eigenvalue weighted by atomic mass is 10.1. The Hall–Kier alpha value is -4.03. The number of fused-ring (bicyclic) bond motifs is 1. The third-order valence-corrected chi connectivity index (χ3v) is 8.95. The summed E-state index contributed by atoms with van der Waals surface area (Å²) in [4.78, 5) is 49.1. The van der Waals surface area contributed by atoms with E-state index in [9.17, 15) is 22.8 Å². The number of Topliss-reactive ketones (excluding diaryl/α,β-unsaturated/α-hetero) is 1. The van der Waals surface area contributed by atoms with Crippen molar-refractivity contribution in [3.8, 4) is 0 Å². The number of carbonyl (C=O) groups is 2. The van der Waals surface area contributed by atoms with Gasteiger partial charge in [-0.1, -0.05) is 18.2 Å². The molecule has 0 fully saturated rings. The number of aryl methyl sites for hydroxylation is 1. The van der Waals surface area contributed by atoms with Crippen LogP contribution < -0.4 is 27.1 Å². The van der Waals surface area contributed by atoms with Crippen molar-refractivity contribution >= 4 is 77.5 Å². The standard InChI is InChI=1S/C26H26IN7O6S2/c1-15-9-10-20(33-42(38,39)17-6-4-5-16(27)13-17)25(37)34(15)14-22(35)30-19(11-12-40-32-26(28)29)23(36)24-31-18-7-2-3-8-21(18)41-24/h2-10,13,19,33H,11-12,14H2,1H3,(H,30,35)(H4,28,29,32). The van der Waals surface area contributed by atoms with Gasteiger partial charge in [-0.15, -0.1) is 11.3 Å². The van der Waals surface area contributed by atoms with Crippen LogP contribution in [0.15, 0.2) is 75.5 Å². The molecule has 0 saturated carbocycles. The highest BCUT2D eigenvalue weighted by Crippen LogP contribution is 2.23. The molecule has 13 nitrogen and oxygen atoms in total. The van der Waals surface area contributed by atoms with Gasteiger partial charge >= 0.3 is 0 Å². The van der Waals surface area contributed by atoms with Crippen molar-refractivity contribution in [3.05, 3.63) is 85.3 Å². The molecule has 0 radical (unpaired) electrons. The lowest BCUT2D eigenvalue weighted by Gasteiger charge is -2.18. The van der Waals surface area contributed by atoms with E-state index < -0.39 is 39.9 Å². The number of para-hydroxylation sites is 1. The van der Waals surface area contributed by atoms with Crippen LogP contribution in [-0.2, 0) is 26.2 Å². The summed E-state index contributed by atoms with van der Waals surface area (Å²) < 4.78 is 30.7. The topological polar surface area (TPSA) is 201 Å². The summed E-state index contributed by atoms with van der Waals surface area (Å²) >= 11 is 3.16. The zero-order valence-corrected chi connectivity index (χ0v) is 25.9. The first-order chi connectivity index (χ1) is 19.9. The molecule has 2 aromatic carbocycles. The fourth-order valence-electron chi connectivity index (χ4n) is 3.85. The van der Waals surface area contributed by atoms with Gasteiger partial charge in [0.05, 0.1) is 21.2 Å². The predicted molar refractivity (Wildman–Crippen MR) is 168 cm³/mol. The first-order valence-corrected chi connectivity index (χ1v) is 15.7. The second kappa shape index (κ2) is 13.3. The van der Waals surface area contributed by atoms with E-state index in [2.05, 4.69) is 20.2 Å². The molecule has 1 amide bonds. The normalized spacial score (nSPS) is 12.0. The second-order valence-electron chi connectivity index (χ2n) is 8.95. The Morgan fingerprint density at radius 3 is 2.62 bits per heavy atom. The number of hydrogen-bond acceptors (Lipinski definition) is 9. The Bertz CT molecular complexity index is 1800. The van der Waals surface area contributed by atoms with Crippen molar-refractivity contribution < 1.29 is 22.8 Å². The minimum atomic E-state index is -4.07. The van der Waals surface area contributed by atoms with Gasteiger partial charge in [-0.2, -0.15) is 0 Å². The van der Waals surface area contributed by atoms with Crippen molar-refractivity contribution in [2.24, 2.45) is 16.6 Å². The van der Waals surface area contributed by atoms with E-state index in [1.54, 1.807) is 31.2 Å². The van der Waals surface area contributed by atoms with E-state index in [0.29, 0.717) is 14.8 Å². The number of oxime groups is 1. The van der Waals surface area contributed by atoms with E-state index in [0.717, 1.165) is 9.27 Å². The van der Waals surface area contributed by atoms with Gasteiger partial charge in [0, 0.05) is 15.7 Å². The lowest BCUT2D eigenvalue weighted by Crippen LogP contribution is -2.44. The molecule has 42 heavy (non-hydrogen) atoms. The molecule has 0 aliphatic carbocycles. The monoisotopic (exact) mass is 723 g/mol. The number of sulfonamides is 1. The SMILES string of the molecule is Cc1ccc(NS(=O)(=O)c2cccc(I)c2)c(=O)n1CC(=O)NC(CCON=C(N)N)C(=O)c1nc2ccccc2s1. The average Bonchev–Trinajstić information content (AvgIpc) is 3.38. The Morgan fingerprint density at radius 1 is 1.14 bits per heavy atom. The third kappa shape index (κ3) is 7.62. The van der Waals surface area contributed by atoms with E-state index >= 15 is 0 Å². The molecule has 0 aliphatic rings. The molecule has 2 heterocycles. The number of nitrogens with one attached hydrogen (secondary N) is 2. The molecule has 0 saturated heterocycles. The highest BCUT2D eigenvalue weighted by Gasteiger charge is 2.26. The summed E-state index contributed by atoms with van der Waals surface area (Å²) in [5.74, 6) is -1.43. The Labute approximate surface area is 258 Å². The third-order valence-electron chi connectivity index (χ3n) is 5.87. The van der Waals surface area contributed by atoms with Gasteiger partial charge in [0.2, 0.25) is 17.6 Å². The smallest absolute Gasteiger partial charge is 0.275 e. The summed E-state index contributed by atoms with van der Waals surface area (Å²) in [5.41, 5.74) is 10.6. The molecule has 1 atom stereocenters. The molecule has 16 heteroatoms. The minimum absolute atomic E-state index is 0.000867. The number of thiazole rings is 1. The van der Waals surface area contributed by atoms with E-state index in [1.807, 2.05) is 34.7 Å². The van der Waals surface area contributed by atoms with Crippen molar-refractivity contribution in [2.75, 3.05) is 11.3 Å². The van der Waals surface area contributed by atoms with Crippen LogP contribution in [0.3, 0.4) is 0 Å². The number of anilines is 1. The molecule has 4 rings (SSSR count). The number of benzene rings is 2. The summed E-state index contributed by atoms with van der Waals surface area (Å²) in [6.45, 7) is 1.01. The van der Waals surface area contributed by atoms with Crippen molar-refractivity contribution in [1.82, 2.24) is 14.9 Å². The maximum absolute atomic E-state index is 13.4. The van der Waals surface area contributed by atoms with E-state index in [-0.39, 0.29) is 34.6 Å². The molecular weight excluding hydrogens is 697 g/mol. The van der Waals surface area contributed by atoms with Gasteiger partial charge < -0.3 is 26.2 Å². The zero-order valence-electron chi connectivity index (χ0n) is 22.1. The Kier molecular flexibility index (Phi) is 9.79. The maximum atomic E-state index is 13.4. The molecule has 0 spiro atoms. The number of nitrogens with two attached hydrogens (primary N) is 2. The lowest BCUT2D eigenvalue weighted by molar-refractivity contribution is -0.122. The molecular formula is C26H26IN7O6S2. The van der Waals surface area contributed by atoms with Crippen LogP contribution in [0.25, 0.3) is 10.2 Å². The van der Waals surface area contributed by atoms with Crippen LogP contribution in [-0.4, -0.2) is 48.3 Å². The first-order valence-electron chi connectivity index (χ1n) is 12.3. The van der Waals surface area contributed by atoms with Crippen LogP contribution in [0.5, 0.6) is 0 Å². The van der Waals surface area contributed by atoms with Crippen molar-refractivity contribution in [1.29, 1.82) is 0 Å². The van der Waals surface area contributed by atoms with Gasteiger partial charge in [-0.05, 0) is 77.1 Å². The van der Waals surface area contributed by atoms with Crippen molar-refractivity contribution in [2.45, 2.75) is 30.8 Å². The van der Waals surface area contributed by atoms with Gasteiger partial charge in [-0.25, -0.2) is 13.4 Å². The highest BCUT2D eigenvalue weighted by molar-refractivity contribution is 14.1. The highest BCUT2D eigenvalue weighted by atomic mass is 127. The number of guanidine groups is 1. The molecule has 2 aromatic heterocycles.